The Morgan fingerprint density at radius 2 is 1.50 bits per heavy atom. The monoisotopic (exact) mass is 286 g/mol. The van der Waals surface area contributed by atoms with Crippen molar-refractivity contribution in [3.63, 3.8) is 0 Å². The molecule has 118 valence electrons. The number of hydrogen-bond donors (Lipinski definition) is 0. The van der Waals surface area contributed by atoms with Crippen molar-refractivity contribution in [2.75, 3.05) is 7.11 Å². The fourth-order valence-corrected chi connectivity index (χ4v) is 1.98. The van der Waals surface area contributed by atoms with Crippen molar-refractivity contribution in [2.24, 2.45) is 5.92 Å². The zero-order valence-electron chi connectivity index (χ0n) is 13.7. The number of methoxy groups -OCH3 is 1. The van der Waals surface area contributed by atoms with Gasteiger partial charge in [0.05, 0.1) is 7.11 Å². The lowest BCUT2D eigenvalue weighted by molar-refractivity contribution is -0.168. The first-order valence-corrected chi connectivity index (χ1v) is 7.62. The van der Waals surface area contributed by atoms with Crippen molar-refractivity contribution in [3.8, 4) is 0 Å². The van der Waals surface area contributed by atoms with Crippen molar-refractivity contribution in [1.82, 2.24) is 0 Å². The minimum Gasteiger partial charge on any atom is -0.468 e. The maximum atomic E-state index is 12.0. The third kappa shape index (κ3) is 8.94. The Bertz CT molecular complexity index is 291. The molecule has 4 heteroatoms. The molecule has 0 aliphatic carbocycles. The van der Waals surface area contributed by atoms with Gasteiger partial charge in [-0.2, -0.15) is 0 Å². The van der Waals surface area contributed by atoms with Crippen LogP contribution in [0.5, 0.6) is 0 Å². The van der Waals surface area contributed by atoms with E-state index in [2.05, 4.69) is 6.92 Å². The normalized spacial score (nSPS) is 12.8. The number of hydrogen-bond acceptors (Lipinski definition) is 4. The van der Waals surface area contributed by atoms with E-state index >= 15 is 0 Å². The van der Waals surface area contributed by atoms with Gasteiger partial charge in [-0.05, 0) is 27.2 Å². The van der Waals surface area contributed by atoms with E-state index in [0.29, 0.717) is 6.42 Å². The Balaban J connectivity index is 4.23. The lowest BCUT2D eigenvalue weighted by Crippen LogP contribution is -2.33. The highest BCUT2D eigenvalue weighted by Crippen LogP contribution is 2.18. The topological polar surface area (TPSA) is 52.6 Å². The Morgan fingerprint density at radius 3 is 2.00 bits per heavy atom. The third-order valence-electron chi connectivity index (χ3n) is 3.02. The Hall–Kier alpha value is -1.06. The van der Waals surface area contributed by atoms with Gasteiger partial charge in [-0.25, -0.2) is 0 Å². The van der Waals surface area contributed by atoms with Crippen LogP contribution in [-0.2, 0) is 19.1 Å². The molecule has 0 bridgehead atoms. The highest BCUT2D eigenvalue weighted by molar-refractivity contribution is 5.94. The highest BCUT2D eigenvalue weighted by Gasteiger charge is 2.31. The maximum Gasteiger partial charge on any atom is 0.320 e. The summed E-state index contributed by atoms with van der Waals surface area (Å²) in [4.78, 5) is 23.7. The van der Waals surface area contributed by atoms with Crippen molar-refractivity contribution in [3.05, 3.63) is 0 Å². The van der Waals surface area contributed by atoms with Crippen LogP contribution >= 0.6 is 0 Å². The molecule has 0 spiro atoms. The average molecular weight is 286 g/mol. The van der Waals surface area contributed by atoms with Crippen LogP contribution in [0.4, 0.5) is 0 Å². The molecule has 0 aliphatic heterocycles. The molecule has 0 heterocycles. The summed E-state index contributed by atoms with van der Waals surface area (Å²) in [7, 11) is 1.31. The number of carbonyl (C=O) groups excluding carboxylic acids is 2. The molecule has 20 heavy (non-hydrogen) atoms. The van der Waals surface area contributed by atoms with Gasteiger partial charge in [-0.3, -0.25) is 9.59 Å². The van der Waals surface area contributed by atoms with Gasteiger partial charge < -0.3 is 9.47 Å². The van der Waals surface area contributed by atoms with Crippen molar-refractivity contribution >= 4 is 11.9 Å². The largest absolute Gasteiger partial charge is 0.468 e. The summed E-state index contributed by atoms with van der Waals surface area (Å²) < 4.78 is 9.98. The zero-order valence-corrected chi connectivity index (χ0v) is 13.7. The molecular formula is C16H30O4. The number of ether oxygens (including phenoxy) is 2. The first kappa shape index (κ1) is 18.9. The summed E-state index contributed by atoms with van der Waals surface area (Å²) in [6, 6.07) is 0. The van der Waals surface area contributed by atoms with E-state index in [4.69, 9.17) is 9.47 Å². The van der Waals surface area contributed by atoms with E-state index in [1.807, 2.05) is 0 Å². The molecule has 0 fully saturated rings. The average Bonchev–Trinajstić information content (AvgIpc) is 2.35. The van der Waals surface area contributed by atoms with E-state index in [0.717, 1.165) is 19.3 Å². The Labute approximate surface area is 123 Å². The second kappa shape index (κ2) is 9.78. The molecule has 0 aromatic carbocycles. The van der Waals surface area contributed by atoms with Gasteiger partial charge in [0.1, 0.15) is 5.60 Å². The lowest BCUT2D eigenvalue weighted by atomic mass is 10.00. The molecule has 0 saturated carbocycles. The van der Waals surface area contributed by atoms with Gasteiger partial charge in [-0.15, -0.1) is 0 Å². The third-order valence-corrected chi connectivity index (χ3v) is 3.02. The van der Waals surface area contributed by atoms with Gasteiger partial charge >= 0.3 is 11.9 Å². The van der Waals surface area contributed by atoms with Crippen molar-refractivity contribution in [1.29, 1.82) is 0 Å². The summed E-state index contributed by atoms with van der Waals surface area (Å²) >= 11 is 0. The van der Waals surface area contributed by atoms with Crippen LogP contribution in [0.15, 0.2) is 0 Å². The predicted octanol–water partition coefficient (Wildman–Crippen LogP) is 3.87. The Kier molecular flexibility index (Phi) is 9.26. The van der Waals surface area contributed by atoms with Crippen LogP contribution in [0.2, 0.25) is 0 Å². The fraction of sp³-hybridized carbons (Fsp3) is 0.875. The van der Waals surface area contributed by atoms with Gasteiger partial charge in [0.15, 0.2) is 5.92 Å². The Morgan fingerprint density at radius 1 is 0.950 bits per heavy atom. The van der Waals surface area contributed by atoms with E-state index in [9.17, 15) is 9.59 Å². The van der Waals surface area contributed by atoms with Gasteiger partial charge in [-0.1, -0.05) is 45.4 Å². The lowest BCUT2D eigenvalue weighted by Gasteiger charge is -2.22. The molecule has 1 unspecified atom stereocenters. The van der Waals surface area contributed by atoms with E-state index in [1.165, 1.54) is 26.4 Å². The molecule has 1 atom stereocenters. The molecule has 0 radical (unpaired) electrons. The first-order chi connectivity index (χ1) is 9.31. The second-order valence-corrected chi connectivity index (χ2v) is 6.17. The number of esters is 2. The summed E-state index contributed by atoms with van der Waals surface area (Å²) in [6.45, 7) is 7.56. The maximum absolute atomic E-state index is 12.0. The quantitative estimate of drug-likeness (QED) is 0.367. The minimum absolute atomic E-state index is 0.474. The van der Waals surface area contributed by atoms with Crippen LogP contribution in [0.25, 0.3) is 0 Å². The molecule has 0 saturated heterocycles. The smallest absolute Gasteiger partial charge is 0.320 e. The SMILES string of the molecule is CCCCCCCCC(C(=O)OC)C(=O)OC(C)(C)C. The van der Waals surface area contributed by atoms with Crippen LogP contribution in [0.1, 0.15) is 72.6 Å². The summed E-state index contributed by atoms with van der Waals surface area (Å²) in [5, 5.41) is 0. The molecule has 0 N–H and O–H groups in total. The number of unbranched alkanes of at least 4 members (excludes halogenated alkanes) is 5. The molecule has 0 amide bonds. The molecule has 0 aromatic heterocycles. The minimum atomic E-state index is -0.787. The number of rotatable bonds is 9. The van der Waals surface area contributed by atoms with E-state index in [-0.39, 0.29) is 0 Å². The van der Waals surface area contributed by atoms with Crippen molar-refractivity contribution < 1.29 is 19.1 Å². The van der Waals surface area contributed by atoms with Gasteiger partial charge in [0.2, 0.25) is 0 Å². The zero-order chi connectivity index (χ0) is 15.6. The standard InChI is InChI=1S/C16H30O4/c1-6-7-8-9-10-11-12-13(14(17)19-5)15(18)20-16(2,3)4/h13H,6-12H2,1-5H3. The second-order valence-electron chi connectivity index (χ2n) is 6.17. The van der Waals surface area contributed by atoms with E-state index < -0.39 is 23.5 Å². The molecule has 0 aliphatic rings. The fourth-order valence-electron chi connectivity index (χ4n) is 1.98. The molecule has 4 nitrogen and oxygen atoms in total. The predicted molar refractivity (Wildman–Crippen MR) is 79.3 cm³/mol. The van der Waals surface area contributed by atoms with E-state index in [1.54, 1.807) is 20.8 Å². The van der Waals surface area contributed by atoms with Crippen LogP contribution < -0.4 is 0 Å². The summed E-state index contributed by atoms with van der Waals surface area (Å²) in [5.74, 6) is -1.75. The summed E-state index contributed by atoms with van der Waals surface area (Å²) in [6.07, 6.45) is 7.21. The number of carbonyl (C=O) groups is 2. The molecule has 0 aromatic rings. The molecule has 0 rings (SSSR count). The highest BCUT2D eigenvalue weighted by atomic mass is 16.6. The molecular weight excluding hydrogens is 256 g/mol. The van der Waals surface area contributed by atoms with Gasteiger partial charge in [0.25, 0.3) is 0 Å². The van der Waals surface area contributed by atoms with Gasteiger partial charge in [0, 0.05) is 0 Å². The van der Waals surface area contributed by atoms with Crippen LogP contribution in [0, 0.1) is 5.92 Å². The van der Waals surface area contributed by atoms with Crippen LogP contribution in [-0.4, -0.2) is 24.6 Å². The summed E-state index contributed by atoms with van der Waals surface area (Å²) in [5.41, 5.74) is -0.579. The van der Waals surface area contributed by atoms with Crippen LogP contribution in [0.3, 0.4) is 0 Å². The first-order valence-electron chi connectivity index (χ1n) is 7.62. The van der Waals surface area contributed by atoms with Crippen molar-refractivity contribution in [2.45, 2.75) is 78.2 Å².